The van der Waals surface area contributed by atoms with E-state index in [2.05, 4.69) is 16.4 Å². The summed E-state index contributed by atoms with van der Waals surface area (Å²) >= 11 is 0. The highest BCUT2D eigenvalue weighted by atomic mass is 16.5. The van der Waals surface area contributed by atoms with Crippen molar-refractivity contribution in [3.63, 3.8) is 0 Å². The molecule has 2 aliphatic rings. The number of carbonyl (C=O) groups excluding carboxylic acids is 1. The second kappa shape index (κ2) is 9.96. The molecule has 2 aliphatic carbocycles. The Bertz CT molecular complexity index is 984. The highest BCUT2D eigenvalue weighted by Crippen LogP contribution is 2.41. The Morgan fingerprint density at radius 2 is 2.16 bits per heavy atom. The van der Waals surface area contributed by atoms with Gasteiger partial charge in [-0.15, -0.1) is 0 Å². The van der Waals surface area contributed by atoms with Crippen molar-refractivity contribution in [3.05, 3.63) is 59.8 Å². The molecular weight excluding hydrogens is 396 g/mol. The Balaban J connectivity index is 1.84. The fraction of sp³-hybridized carbons (Fsp3) is 0.348. The second-order valence-electron chi connectivity index (χ2n) is 7.40. The predicted molar refractivity (Wildman–Crippen MR) is 117 cm³/mol. The molecule has 1 unspecified atom stereocenters. The van der Waals surface area contributed by atoms with Crippen LogP contribution >= 0.6 is 0 Å². The topological polar surface area (TPSA) is 119 Å². The van der Waals surface area contributed by atoms with E-state index in [1.54, 1.807) is 44.6 Å². The molecule has 8 nitrogen and oxygen atoms in total. The van der Waals surface area contributed by atoms with Gasteiger partial charge in [-0.05, 0) is 49.4 Å². The largest absolute Gasteiger partial charge is 0.486 e. The summed E-state index contributed by atoms with van der Waals surface area (Å²) in [5, 5.41) is 11.8. The zero-order valence-electron chi connectivity index (χ0n) is 17.6. The van der Waals surface area contributed by atoms with Crippen LogP contribution in [0.4, 0.5) is 0 Å². The number of hydrogen-bond donors (Lipinski definition) is 2. The van der Waals surface area contributed by atoms with Crippen LogP contribution in [0.2, 0.25) is 0 Å². The van der Waals surface area contributed by atoms with Gasteiger partial charge in [0.05, 0.1) is 12.7 Å². The number of rotatable bonds is 9. The lowest BCUT2D eigenvalue weighted by molar-refractivity contribution is 0.0635. The van der Waals surface area contributed by atoms with Crippen molar-refractivity contribution in [1.29, 1.82) is 5.26 Å². The third-order valence-corrected chi connectivity index (χ3v) is 4.80. The van der Waals surface area contributed by atoms with E-state index in [-0.39, 0.29) is 17.5 Å². The van der Waals surface area contributed by atoms with Crippen LogP contribution in [0, 0.1) is 11.3 Å². The summed E-state index contributed by atoms with van der Waals surface area (Å²) in [5.74, 6) is 0.548. The number of benzene rings is 1. The Morgan fingerprint density at radius 3 is 2.77 bits per heavy atom. The lowest BCUT2D eigenvalue weighted by Crippen LogP contribution is -2.24. The third-order valence-electron chi connectivity index (χ3n) is 4.80. The number of ether oxygens (including phenoxy) is 3. The van der Waals surface area contributed by atoms with Crippen molar-refractivity contribution in [2.45, 2.75) is 31.0 Å². The molecule has 162 valence electrons. The zero-order chi connectivity index (χ0) is 22.3. The minimum Gasteiger partial charge on any atom is -0.486 e. The summed E-state index contributed by atoms with van der Waals surface area (Å²) in [7, 11) is 3.35. The fourth-order valence-corrected chi connectivity index (χ4v) is 3.08. The number of amides is 1. The average Bonchev–Trinajstić information content (AvgIpc) is 3.51. The first kappa shape index (κ1) is 22.1. The highest BCUT2D eigenvalue weighted by molar-refractivity contribution is 6.06. The summed E-state index contributed by atoms with van der Waals surface area (Å²) in [6.07, 6.45) is 10.5. The molecule has 1 amide bonds. The van der Waals surface area contributed by atoms with Crippen molar-refractivity contribution in [1.82, 2.24) is 5.32 Å². The van der Waals surface area contributed by atoms with Crippen molar-refractivity contribution in [3.8, 4) is 17.6 Å². The second-order valence-corrected chi connectivity index (χ2v) is 7.40. The van der Waals surface area contributed by atoms with Crippen molar-refractivity contribution >= 4 is 11.7 Å². The summed E-state index contributed by atoms with van der Waals surface area (Å²) in [4.78, 5) is 16.6. The first-order valence-electron chi connectivity index (χ1n) is 9.97. The van der Waals surface area contributed by atoms with Crippen LogP contribution < -0.4 is 20.5 Å². The number of amidine groups is 1. The van der Waals surface area contributed by atoms with Crippen LogP contribution in [0.15, 0.2) is 59.3 Å². The van der Waals surface area contributed by atoms with E-state index in [1.807, 2.05) is 12.2 Å². The number of aliphatic imine (C=N–C) groups is 1. The van der Waals surface area contributed by atoms with Crippen LogP contribution in [0.5, 0.6) is 11.5 Å². The van der Waals surface area contributed by atoms with E-state index >= 15 is 0 Å². The molecule has 1 aromatic carbocycles. The summed E-state index contributed by atoms with van der Waals surface area (Å²) in [6.45, 7) is 0.467. The van der Waals surface area contributed by atoms with Gasteiger partial charge in [-0.25, -0.2) is 0 Å². The molecule has 0 aliphatic heterocycles. The van der Waals surface area contributed by atoms with Crippen molar-refractivity contribution in [2.75, 3.05) is 20.8 Å². The van der Waals surface area contributed by atoms with E-state index in [0.29, 0.717) is 35.7 Å². The smallest absolute Gasteiger partial charge is 0.279 e. The molecule has 3 rings (SSSR count). The molecule has 0 saturated heterocycles. The van der Waals surface area contributed by atoms with E-state index in [0.717, 1.165) is 12.8 Å². The van der Waals surface area contributed by atoms with Gasteiger partial charge in [-0.1, -0.05) is 6.08 Å². The van der Waals surface area contributed by atoms with Gasteiger partial charge in [-0.2, -0.15) is 10.3 Å². The zero-order valence-corrected chi connectivity index (χ0v) is 17.6. The molecule has 3 N–H and O–H groups in total. The summed E-state index contributed by atoms with van der Waals surface area (Å²) in [6, 6.07) is 7.10. The third kappa shape index (κ3) is 6.20. The lowest BCUT2D eigenvalue weighted by Gasteiger charge is -2.20. The molecule has 1 fully saturated rings. The molecule has 1 aromatic rings. The number of nitrogens with zero attached hydrogens (tertiary/aromatic N) is 2. The van der Waals surface area contributed by atoms with Gasteiger partial charge in [-0.3, -0.25) is 4.79 Å². The van der Waals surface area contributed by atoms with Crippen LogP contribution in [-0.4, -0.2) is 44.2 Å². The minimum absolute atomic E-state index is 0.0792. The summed E-state index contributed by atoms with van der Waals surface area (Å²) in [5.41, 5.74) is 6.31. The molecule has 0 bridgehead atoms. The van der Waals surface area contributed by atoms with Crippen LogP contribution in [0.3, 0.4) is 0 Å². The molecule has 0 aromatic heterocycles. The number of hydrogen-bond acceptors (Lipinski definition) is 6. The van der Waals surface area contributed by atoms with Gasteiger partial charge < -0.3 is 25.3 Å². The van der Waals surface area contributed by atoms with Crippen LogP contribution in [-0.2, 0) is 4.74 Å². The first-order valence-corrected chi connectivity index (χ1v) is 9.97. The van der Waals surface area contributed by atoms with Gasteiger partial charge in [0.15, 0.2) is 0 Å². The lowest BCUT2D eigenvalue weighted by atomic mass is 10.1. The minimum atomic E-state index is -0.504. The van der Waals surface area contributed by atoms with Gasteiger partial charge >= 0.3 is 0 Å². The Kier molecular flexibility index (Phi) is 7.11. The maximum atomic E-state index is 12.7. The van der Waals surface area contributed by atoms with Crippen molar-refractivity contribution < 1.29 is 19.0 Å². The SMILES string of the molecule is CN/C=C\C(N)=NC(=O)c1cc(OC2C=CC(C#N)=CC2)cc(OC2(COC)CC2)c1. The maximum absolute atomic E-state index is 12.7. The fourth-order valence-electron chi connectivity index (χ4n) is 3.08. The quantitative estimate of drug-likeness (QED) is 0.464. The van der Waals surface area contributed by atoms with Crippen LogP contribution in [0.1, 0.15) is 29.6 Å². The summed E-state index contributed by atoms with van der Waals surface area (Å²) < 4.78 is 17.4. The normalized spacial score (nSPS) is 19.5. The Hall–Kier alpha value is -3.57. The molecule has 31 heavy (non-hydrogen) atoms. The van der Waals surface area contributed by atoms with Crippen LogP contribution in [0.25, 0.3) is 0 Å². The van der Waals surface area contributed by atoms with E-state index < -0.39 is 5.91 Å². The van der Waals surface area contributed by atoms with Crippen molar-refractivity contribution in [2.24, 2.45) is 10.7 Å². The first-order chi connectivity index (χ1) is 15.0. The highest BCUT2D eigenvalue weighted by Gasteiger charge is 2.45. The number of nitriles is 1. The molecule has 1 atom stereocenters. The molecule has 0 spiro atoms. The van der Waals surface area contributed by atoms with E-state index in [4.69, 9.17) is 25.2 Å². The molecule has 1 saturated carbocycles. The van der Waals surface area contributed by atoms with Gasteiger partial charge in [0.25, 0.3) is 5.91 Å². The average molecular weight is 422 g/mol. The number of nitrogens with two attached hydrogens (primary N) is 1. The Morgan fingerprint density at radius 1 is 1.39 bits per heavy atom. The van der Waals surface area contributed by atoms with Gasteiger partial charge in [0.2, 0.25) is 0 Å². The molecule has 8 heteroatoms. The maximum Gasteiger partial charge on any atom is 0.279 e. The van der Waals surface area contributed by atoms with Gasteiger partial charge in [0.1, 0.15) is 29.0 Å². The Labute approximate surface area is 181 Å². The predicted octanol–water partition coefficient (Wildman–Crippen LogP) is 2.63. The van der Waals surface area contributed by atoms with Gasteiger partial charge in [0, 0.05) is 37.8 Å². The number of carbonyl (C=O) groups is 1. The molecule has 0 radical (unpaired) electrons. The molecule has 0 heterocycles. The standard InChI is InChI=1S/C23H26N4O4/c1-26-10-7-21(25)27-22(28)17-11-19(30-18-5-3-16(14-24)4-6-18)13-20(12-17)31-23(8-9-23)15-29-2/h3-5,7,10-13,18,26H,6,8-9,15H2,1-2H3,(H2,25,27,28)/b10-7-. The number of methoxy groups -OCH3 is 1. The number of allylic oxidation sites excluding steroid dienone is 2. The van der Waals surface area contributed by atoms with E-state index in [9.17, 15) is 4.79 Å². The number of nitrogens with one attached hydrogen (secondary N) is 1. The van der Waals surface area contributed by atoms with E-state index in [1.165, 1.54) is 6.08 Å². The monoisotopic (exact) mass is 422 g/mol. The molecular formula is C23H26N4O4.